The van der Waals surface area contributed by atoms with Gasteiger partial charge in [-0.25, -0.2) is 4.68 Å². The molecule has 4 rings (SSSR count). The zero-order valence-corrected chi connectivity index (χ0v) is 17.2. The van der Waals surface area contributed by atoms with Crippen LogP contribution in [0.15, 0.2) is 30.3 Å². The average molecular weight is 405 g/mol. The minimum Gasteiger partial charge on any atom is -0.384 e. The summed E-state index contributed by atoms with van der Waals surface area (Å²) in [6.45, 7) is 3.24. The average Bonchev–Trinajstić information content (AvgIpc) is 3.31. The van der Waals surface area contributed by atoms with Gasteiger partial charge < -0.3 is 15.4 Å². The van der Waals surface area contributed by atoms with Gasteiger partial charge in [0.05, 0.1) is 12.3 Å². The summed E-state index contributed by atoms with van der Waals surface area (Å²) in [5, 5.41) is 11.3. The molecule has 0 radical (unpaired) electrons. The fourth-order valence-corrected chi connectivity index (χ4v) is 4.39. The Bertz CT molecular complexity index is 795. The molecule has 1 amide bonds. The highest BCUT2D eigenvalue weighted by Gasteiger charge is 2.34. The minimum absolute atomic E-state index is 0. The summed E-state index contributed by atoms with van der Waals surface area (Å²) in [6, 6.07) is 10.1. The molecule has 0 atom stereocenters. The number of aromatic nitrogens is 2. The SMILES string of the molecule is COCC1(CNC(=O)c2nn(-c3ccccc3)c3c2CCC3)CCNCC1.Cl. The van der Waals surface area contributed by atoms with Crippen molar-refractivity contribution in [3.63, 3.8) is 0 Å². The van der Waals surface area contributed by atoms with Gasteiger partial charge in [0.15, 0.2) is 5.69 Å². The molecule has 2 N–H and O–H groups in total. The van der Waals surface area contributed by atoms with E-state index in [4.69, 9.17) is 9.84 Å². The van der Waals surface area contributed by atoms with Gasteiger partial charge in [0.25, 0.3) is 5.91 Å². The van der Waals surface area contributed by atoms with Crippen LogP contribution in [0.5, 0.6) is 0 Å². The van der Waals surface area contributed by atoms with Crippen molar-refractivity contribution in [1.29, 1.82) is 0 Å². The van der Waals surface area contributed by atoms with Crippen LogP contribution in [-0.2, 0) is 17.6 Å². The van der Waals surface area contributed by atoms with E-state index < -0.39 is 0 Å². The Morgan fingerprint density at radius 3 is 2.71 bits per heavy atom. The molecular formula is C21H29ClN4O2. The van der Waals surface area contributed by atoms with Crippen LogP contribution in [0.3, 0.4) is 0 Å². The Hall–Kier alpha value is -1.89. The standard InChI is InChI=1S/C21H28N4O2.ClH/c1-27-15-21(10-12-22-13-11-21)14-23-20(26)19-17-8-5-9-18(17)25(24-19)16-6-3-2-4-7-16;/h2-4,6-7,22H,5,8-15H2,1H3,(H,23,26);1H. The van der Waals surface area contributed by atoms with Crippen LogP contribution in [-0.4, -0.2) is 49.0 Å². The smallest absolute Gasteiger partial charge is 0.272 e. The van der Waals surface area contributed by atoms with Crippen molar-refractivity contribution in [3.8, 4) is 5.69 Å². The molecule has 1 aromatic carbocycles. The summed E-state index contributed by atoms with van der Waals surface area (Å²) in [4.78, 5) is 13.0. The van der Waals surface area contributed by atoms with E-state index in [1.807, 2.05) is 35.0 Å². The molecule has 2 heterocycles. The quantitative estimate of drug-likeness (QED) is 0.776. The predicted molar refractivity (Wildman–Crippen MR) is 112 cm³/mol. The molecule has 6 nitrogen and oxygen atoms in total. The van der Waals surface area contributed by atoms with Gasteiger partial charge in [-0.1, -0.05) is 18.2 Å². The van der Waals surface area contributed by atoms with Crippen molar-refractivity contribution < 1.29 is 9.53 Å². The van der Waals surface area contributed by atoms with Gasteiger partial charge in [-0.05, 0) is 57.3 Å². The molecule has 2 aromatic rings. The Balaban J connectivity index is 0.00000225. The van der Waals surface area contributed by atoms with Gasteiger partial charge >= 0.3 is 0 Å². The van der Waals surface area contributed by atoms with Gasteiger partial charge in [0, 0.05) is 30.3 Å². The van der Waals surface area contributed by atoms with Crippen molar-refractivity contribution in [2.75, 3.05) is 33.4 Å². The zero-order chi connectivity index (χ0) is 18.7. The molecule has 1 aliphatic heterocycles. The molecule has 1 aliphatic carbocycles. The van der Waals surface area contributed by atoms with Gasteiger partial charge in [0.2, 0.25) is 0 Å². The van der Waals surface area contributed by atoms with Crippen molar-refractivity contribution in [3.05, 3.63) is 47.3 Å². The highest BCUT2D eigenvalue weighted by molar-refractivity contribution is 5.94. The van der Waals surface area contributed by atoms with Crippen LogP contribution >= 0.6 is 12.4 Å². The van der Waals surface area contributed by atoms with E-state index in [-0.39, 0.29) is 23.7 Å². The molecule has 0 spiro atoms. The van der Waals surface area contributed by atoms with Gasteiger partial charge in [-0.3, -0.25) is 4.79 Å². The molecule has 28 heavy (non-hydrogen) atoms. The number of hydrogen-bond acceptors (Lipinski definition) is 4. The first kappa shape index (κ1) is 20.8. The highest BCUT2D eigenvalue weighted by Crippen LogP contribution is 2.30. The lowest BCUT2D eigenvalue weighted by molar-refractivity contribution is 0.0510. The van der Waals surface area contributed by atoms with Crippen molar-refractivity contribution >= 4 is 18.3 Å². The van der Waals surface area contributed by atoms with Crippen LogP contribution in [0.25, 0.3) is 5.69 Å². The Morgan fingerprint density at radius 2 is 2.00 bits per heavy atom. The maximum Gasteiger partial charge on any atom is 0.272 e. The normalized spacial score (nSPS) is 17.6. The summed E-state index contributed by atoms with van der Waals surface area (Å²) < 4.78 is 7.41. The fourth-order valence-electron chi connectivity index (χ4n) is 4.39. The number of hydrogen-bond donors (Lipinski definition) is 2. The second-order valence-electron chi connectivity index (χ2n) is 7.74. The number of nitrogens with one attached hydrogen (secondary N) is 2. The van der Waals surface area contributed by atoms with Crippen LogP contribution in [0.4, 0.5) is 0 Å². The van der Waals surface area contributed by atoms with E-state index in [0.29, 0.717) is 18.8 Å². The second kappa shape index (κ2) is 9.07. The number of methoxy groups -OCH3 is 1. The van der Waals surface area contributed by atoms with Crippen LogP contribution in [0.1, 0.15) is 41.0 Å². The Morgan fingerprint density at radius 1 is 1.25 bits per heavy atom. The van der Waals surface area contributed by atoms with E-state index in [0.717, 1.165) is 56.4 Å². The molecule has 0 unspecified atom stereocenters. The summed E-state index contributed by atoms with van der Waals surface area (Å²) in [6.07, 6.45) is 5.01. The predicted octanol–water partition coefficient (Wildman–Crippen LogP) is 2.53. The lowest BCUT2D eigenvalue weighted by atomic mass is 9.79. The molecule has 0 bridgehead atoms. The maximum absolute atomic E-state index is 13.0. The van der Waals surface area contributed by atoms with Crippen LogP contribution in [0.2, 0.25) is 0 Å². The number of ether oxygens (including phenoxy) is 1. The van der Waals surface area contributed by atoms with Gasteiger partial charge in [-0.15, -0.1) is 12.4 Å². The molecule has 7 heteroatoms. The number of piperidine rings is 1. The highest BCUT2D eigenvalue weighted by atomic mass is 35.5. The molecule has 2 aliphatic rings. The molecule has 152 valence electrons. The first-order valence-electron chi connectivity index (χ1n) is 9.86. The van der Waals surface area contributed by atoms with E-state index in [9.17, 15) is 4.79 Å². The first-order chi connectivity index (χ1) is 13.2. The zero-order valence-electron chi connectivity index (χ0n) is 16.4. The first-order valence-corrected chi connectivity index (χ1v) is 9.86. The van der Waals surface area contributed by atoms with E-state index in [1.54, 1.807) is 7.11 Å². The number of carbonyl (C=O) groups is 1. The van der Waals surface area contributed by atoms with Crippen LogP contribution < -0.4 is 10.6 Å². The number of nitrogens with zero attached hydrogens (tertiary/aromatic N) is 2. The number of halogens is 1. The molecule has 0 saturated carbocycles. The largest absolute Gasteiger partial charge is 0.384 e. The van der Waals surface area contributed by atoms with E-state index >= 15 is 0 Å². The molecule has 1 fully saturated rings. The summed E-state index contributed by atoms with van der Waals surface area (Å²) in [7, 11) is 1.74. The number of amides is 1. The topological polar surface area (TPSA) is 68.2 Å². The van der Waals surface area contributed by atoms with Crippen molar-refractivity contribution in [2.24, 2.45) is 5.41 Å². The maximum atomic E-state index is 13.0. The lowest BCUT2D eigenvalue weighted by Crippen LogP contribution is -2.47. The third-order valence-electron chi connectivity index (χ3n) is 5.88. The summed E-state index contributed by atoms with van der Waals surface area (Å²) >= 11 is 0. The second-order valence-corrected chi connectivity index (χ2v) is 7.74. The van der Waals surface area contributed by atoms with Crippen molar-refractivity contribution in [2.45, 2.75) is 32.1 Å². The number of para-hydroxylation sites is 1. The monoisotopic (exact) mass is 404 g/mol. The lowest BCUT2D eigenvalue weighted by Gasteiger charge is -2.37. The van der Waals surface area contributed by atoms with E-state index in [2.05, 4.69) is 10.6 Å². The summed E-state index contributed by atoms with van der Waals surface area (Å²) in [5.74, 6) is -0.0585. The van der Waals surface area contributed by atoms with Gasteiger partial charge in [0.1, 0.15) is 0 Å². The minimum atomic E-state index is -0.0585. The number of rotatable bonds is 6. The number of carbonyl (C=O) groups excluding carboxylic acids is 1. The number of fused-ring (bicyclic) bond motifs is 1. The molecule has 1 saturated heterocycles. The van der Waals surface area contributed by atoms with E-state index in [1.165, 1.54) is 5.69 Å². The Kier molecular flexibility index (Phi) is 6.75. The summed E-state index contributed by atoms with van der Waals surface area (Å²) in [5.41, 5.74) is 3.92. The van der Waals surface area contributed by atoms with Crippen molar-refractivity contribution in [1.82, 2.24) is 20.4 Å². The third kappa shape index (κ3) is 4.09. The van der Waals surface area contributed by atoms with Gasteiger partial charge in [-0.2, -0.15) is 5.10 Å². The fraction of sp³-hybridized carbons (Fsp3) is 0.524. The number of benzene rings is 1. The Labute approximate surface area is 172 Å². The third-order valence-corrected chi connectivity index (χ3v) is 5.88. The van der Waals surface area contributed by atoms with Crippen LogP contribution in [0, 0.1) is 5.41 Å². The molecule has 1 aromatic heterocycles. The molecular weight excluding hydrogens is 376 g/mol.